The van der Waals surface area contributed by atoms with E-state index in [4.69, 9.17) is 18.9 Å². The van der Waals surface area contributed by atoms with E-state index in [1.807, 2.05) is 42.6 Å². The summed E-state index contributed by atoms with van der Waals surface area (Å²) in [6.45, 7) is 1.98. The summed E-state index contributed by atoms with van der Waals surface area (Å²) in [7, 11) is 0. The fraction of sp³-hybridized carbons (Fsp3) is 0.211. The maximum atomic E-state index is 5.46. The number of hydrogen-bond acceptors (Lipinski definition) is 6. The van der Waals surface area contributed by atoms with E-state index in [9.17, 15) is 0 Å². The lowest BCUT2D eigenvalue weighted by Gasteiger charge is -2.07. The molecule has 2 aliphatic rings. The monoisotopic (exact) mass is 351 g/mol. The molecule has 3 aromatic rings. The van der Waals surface area contributed by atoms with Crippen molar-refractivity contribution >= 4 is 0 Å². The second-order valence-corrected chi connectivity index (χ2v) is 6.13. The van der Waals surface area contributed by atoms with Crippen molar-refractivity contribution in [1.29, 1.82) is 0 Å². The Hall–Kier alpha value is -3.19. The number of aromatic amines is 1. The maximum Gasteiger partial charge on any atom is 0.231 e. The van der Waals surface area contributed by atoms with E-state index in [-0.39, 0.29) is 6.79 Å². The lowest BCUT2D eigenvalue weighted by molar-refractivity contribution is 0.173. The molecule has 2 aromatic carbocycles. The summed E-state index contributed by atoms with van der Waals surface area (Å²) in [5, 5.41) is 10.7. The highest BCUT2D eigenvalue weighted by Crippen LogP contribution is 2.36. The van der Waals surface area contributed by atoms with Gasteiger partial charge in [-0.05, 0) is 35.9 Å². The third kappa shape index (κ3) is 2.72. The molecule has 7 heteroatoms. The number of hydrogen-bond donors (Lipinski definition) is 2. The molecule has 0 unspecified atom stereocenters. The van der Waals surface area contributed by atoms with Gasteiger partial charge in [-0.2, -0.15) is 5.10 Å². The second-order valence-electron chi connectivity index (χ2n) is 6.13. The number of rotatable bonds is 5. The molecular formula is C19H17N3O4. The van der Waals surface area contributed by atoms with Crippen molar-refractivity contribution in [3.63, 3.8) is 0 Å². The molecule has 0 spiro atoms. The van der Waals surface area contributed by atoms with E-state index in [1.165, 1.54) is 0 Å². The fourth-order valence-corrected chi connectivity index (χ4v) is 3.14. The van der Waals surface area contributed by atoms with E-state index >= 15 is 0 Å². The van der Waals surface area contributed by atoms with Crippen molar-refractivity contribution in [2.75, 3.05) is 13.6 Å². The minimum absolute atomic E-state index is 0.270. The summed E-state index contributed by atoms with van der Waals surface area (Å²) in [5.41, 5.74) is 4.22. The molecule has 0 radical (unpaired) electrons. The molecule has 0 saturated heterocycles. The number of ether oxygens (including phenoxy) is 4. The Balaban J connectivity index is 1.28. The SMILES string of the molecule is c1cc2c(cc1CNCc1cn[nH]c1-c1ccc3c(c1)OCO3)OCO2. The van der Waals surface area contributed by atoms with E-state index in [1.54, 1.807) is 0 Å². The Kier molecular flexibility index (Phi) is 3.64. The van der Waals surface area contributed by atoms with Crippen molar-refractivity contribution in [3.8, 4) is 34.3 Å². The van der Waals surface area contributed by atoms with Gasteiger partial charge >= 0.3 is 0 Å². The Morgan fingerprint density at radius 1 is 0.846 bits per heavy atom. The van der Waals surface area contributed by atoms with E-state index in [0.29, 0.717) is 13.3 Å². The standard InChI is InChI=1S/C19H17N3O4/c1-3-15-17(25-10-23-15)5-12(1)7-20-8-14-9-21-22-19(14)13-2-4-16-18(6-13)26-11-24-16/h1-6,9,20H,7-8,10-11H2,(H,21,22). The van der Waals surface area contributed by atoms with Crippen LogP contribution >= 0.6 is 0 Å². The highest BCUT2D eigenvalue weighted by Gasteiger charge is 2.16. The smallest absolute Gasteiger partial charge is 0.231 e. The third-order valence-corrected chi connectivity index (χ3v) is 4.46. The minimum atomic E-state index is 0.270. The van der Waals surface area contributed by atoms with Crippen LogP contribution in [0.15, 0.2) is 42.6 Å². The third-order valence-electron chi connectivity index (χ3n) is 4.46. The highest BCUT2D eigenvalue weighted by atomic mass is 16.7. The first-order valence-electron chi connectivity index (χ1n) is 8.38. The maximum absolute atomic E-state index is 5.46. The highest BCUT2D eigenvalue weighted by molar-refractivity contribution is 5.66. The molecule has 26 heavy (non-hydrogen) atoms. The van der Waals surface area contributed by atoms with Crippen LogP contribution < -0.4 is 24.3 Å². The molecule has 0 fully saturated rings. The van der Waals surface area contributed by atoms with Crippen molar-refractivity contribution < 1.29 is 18.9 Å². The molecule has 5 rings (SSSR count). The van der Waals surface area contributed by atoms with Crippen LogP contribution in [0.5, 0.6) is 23.0 Å². The number of aromatic nitrogens is 2. The van der Waals surface area contributed by atoms with Crippen molar-refractivity contribution in [1.82, 2.24) is 15.5 Å². The summed E-state index contributed by atoms with van der Waals surface area (Å²) in [5.74, 6) is 3.13. The van der Waals surface area contributed by atoms with Gasteiger partial charge < -0.3 is 24.3 Å². The first kappa shape index (κ1) is 15.1. The van der Waals surface area contributed by atoms with Gasteiger partial charge in [-0.3, -0.25) is 5.10 Å². The molecule has 2 N–H and O–H groups in total. The molecule has 3 heterocycles. The quantitative estimate of drug-likeness (QED) is 0.736. The molecule has 1 aromatic heterocycles. The summed E-state index contributed by atoms with van der Waals surface area (Å²) >= 11 is 0. The van der Waals surface area contributed by atoms with Gasteiger partial charge in [0.05, 0.1) is 11.9 Å². The lowest BCUT2D eigenvalue weighted by atomic mass is 10.1. The topological polar surface area (TPSA) is 77.6 Å². The van der Waals surface area contributed by atoms with Gasteiger partial charge in [0.25, 0.3) is 0 Å². The van der Waals surface area contributed by atoms with Crippen LogP contribution in [0.4, 0.5) is 0 Å². The average Bonchev–Trinajstić information content (AvgIpc) is 3.40. The summed E-state index contributed by atoms with van der Waals surface area (Å²) in [6, 6.07) is 11.9. The van der Waals surface area contributed by atoms with Gasteiger partial charge in [0.15, 0.2) is 23.0 Å². The van der Waals surface area contributed by atoms with Gasteiger partial charge in [-0.25, -0.2) is 0 Å². The first-order chi connectivity index (χ1) is 12.9. The van der Waals surface area contributed by atoms with E-state index in [0.717, 1.165) is 51.9 Å². The molecule has 0 saturated carbocycles. The molecule has 7 nitrogen and oxygen atoms in total. The minimum Gasteiger partial charge on any atom is -0.454 e. The van der Waals surface area contributed by atoms with Crippen molar-refractivity contribution in [3.05, 3.63) is 53.7 Å². The Labute approximate surface area is 149 Å². The van der Waals surface area contributed by atoms with Crippen LogP contribution in [0.1, 0.15) is 11.1 Å². The van der Waals surface area contributed by atoms with Gasteiger partial charge in [-0.1, -0.05) is 6.07 Å². The molecule has 0 bridgehead atoms. The molecular weight excluding hydrogens is 334 g/mol. The zero-order chi connectivity index (χ0) is 17.3. The zero-order valence-corrected chi connectivity index (χ0v) is 14.0. The van der Waals surface area contributed by atoms with Crippen molar-refractivity contribution in [2.45, 2.75) is 13.1 Å². The molecule has 132 valence electrons. The molecule has 2 aliphatic heterocycles. The van der Waals surface area contributed by atoms with Crippen LogP contribution in [0, 0.1) is 0 Å². The summed E-state index contributed by atoms with van der Waals surface area (Å²) in [6.07, 6.45) is 1.84. The van der Waals surface area contributed by atoms with Gasteiger partial charge in [0, 0.05) is 24.2 Å². The summed E-state index contributed by atoms with van der Waals surface area (Å²) < 4.78 is 21.6. The number of nitrogens with one attached hydrogen (secondary N) is 2. The Morgan fingerprint density at radius 2 is 1.58 bits per heavy atom. The van der Waals surface area contributed by atoms with E-state index < -0.39 is 0 Å². The fourth-order valence-electron chi connectivity index (χ4n) is 3.14. The van der Waals surface area contributed by atoms with Gasteiger partial charge in [0.2, 0.25) is 13.6 Å². The molecule has 0 atom stereocenters. The second kappa shape index (κ2) is 6.27. The molecule has 0 aliphatic carbocycles. The van der Waals surface area contributed by atoms with E-state index in [2.05, 4.69) is 15.5 Å². The van der Waals surface area contributed by atoms with Gasteiger partial charge in [0.1, 0.15) is 0 Å². The number of fused-ring (bicyclic) bond motifs is 2. The number of nitrogens with zero attached hydrogens (tertiary/aromatic N) is 1. The predicted molar refractivity (Wildman–Crippen MR) is 93.3 cm³/mol. The van der Waals surface area contributed by atoms with Crippen LogP contribution in [0.3, 0.4) is 0 Å². The largest absolute Gasteiger partial charge is 0.454 e. The molecule has 0 amide bonds. The number of benzene rings is 2. The predicted octanol–water partition coefficient (Wildman–Crippen LogP) is 2.82. The first-order valence-corrected chi connectivity index (χ1v) is 8.38. The van der Waals surface area contributed by atoms with Crippen LogP contribution in [0.2, 0.25) is 0 Å². The average molecular weight is 351 g/mol. The Bertz CT molecular complexity index is 954. The van der Waals surface area contributed by atoms with Crippen LogP contribution in [-0.2, 0) is 13.1 Å². The normalized spacial score (nSPS) is 14.0. The van der Waals surface area contributed by atoms with Crippen LogP contribution in [-0.4, -0.2) is 23.8 Å². The lowest BCUT2D eigenvalue weighted by Crippen LogP contribution is -2.12. The van der Waals surface area contributed by atoms with Gasteiger partial charge in [-0.15, -0.1) is 0 Å². The van der Waals surface area contributed by atoms with Crippen molar-refractivity contribution in [2.24, 2.45) is 0 Å². The number of H-pyrrole nitrogens is 1. The summed E-state index contributed by atoms with van der Waals surface area (Å²) in [4.78, 5) is 0. The Morgan fingerprint density at radius 3 is 2.42 bits per heavy atom. The van der Waals surface area contributed by atoms with Crippen LogP contribution in [0.25, 0.3) is 11.3 Å². The zero-order valence-electron chi connectivity index (χ0n) is 14.0.